The fourth-order valence-electron chi connectivity index (χ4n) is 1.88. The highest BCUT2D eigenvalue weighted by Crippen LogP contribution is 2.15. The Labute approximate surface area is 132 Å². The molecule has 0 atom stereocenters. The minimum absolute atomic E-state index is 0.0949. The lowest BCUT2D eigenvalue weighted by Gasteiger charge is -2.10. The molecule has 1 rings (SSSR count). The predicted octanol–water partition coefficient (Wildman–Crippen LogP) is 3.10. The molecule has 0 aliphatic carbocycles. The Morgan fingerprint density at radius 2 is 2.05 bits per heavy atom. The van der Waals surface area contributed by atoms with Crippen LogP contribution in [0.15, 0.2) is 24.3 Å². The highest BCUT2D eigenvalue weighted by atomic mass is 32.1. The van der Waals surface area contributed by atoms with Gasteiger partial charge in [-0.2, -0.15) is 0 Å². The predicted molar refractivity (Wildman–Crippen MR) is 90.5 cm³/mol. The maximum Gasteiger partial charge on any atom is 0.226 e. The topological polar surface area (TPSA) is 64.3 Å². The molecule has 0 radical (unpaired) electrons. The molecule has 0 fully saturated rings. The minimum atomic E-state index is -0.0949. The molecule has 0 saturated heterocycles. The van der Waals surface area contributed by atoms with Crippen LogP contribution in [0.4, 0.5) is 5.69 Å². The van der Waals surface area contributed by atoms with Crippen molar-refractivity contribution in [3.8, 4) is 0 Å². The van der Waals surface area contributed by atoms with Crippen LogP contribution in [0.1, 0.15) is 38.7 Å². The summed E-state index contributed by atoms with van der Waals surface area (Å²) in [5.74, 6) is 0.594. The van der Waals surface area contributed by atoms with Gasteiger partial charge in [-0.25, -0.2) is 0 Å². The third kappa shape index (κ3) is 7.20. The molecule has 0 saturated carbocycles. The third-order valence-corrected chi connectivity index (χ3v) is 3.23. The molecule has 0 aliphatic rings. The van der Waals surface area contributed by atoms with E-state index >= 15 is 0 Å². The van der Waals surface area contributed by atoms with Crippen LogP contribution in [0.2, 0.25) is 0 Å². The fraction of sp³-hybridized carbons (Fsp3) is 0.500. The first-order valence-electron chi connectivity index (χ1n) is 7.27. The Bertz CT molecular complexity index is 475. The molecule has 1 amide bonds. The van der Waals surface area contributed by atoms with Gasteiger partial charge in [0.1, 0.15) is 4.99 Å². The van der Waals surface area contributed by atoms with Gasteiger partial charge in [0.05, 0.1) is 18.7 Å². The van der Waals surface area contributed by atoms with E-state index in [-0.39, 0.29) is 10.9 Å². The molecule has 1 aromatic carbocycles. The lowest BCUT2D eigenvalue weighted by Crippen LogP contribution is -2.18. The maximum atomic E-state index is 11.9. The third-order valence-electron chi connectivity index (χ3n) is 3.01. The second-order valence-corrected chi connectivity index (χ2v) is 5.80. The van der Waals surface area contributed by atoms with E-state index in [9.17, 15) is 4.79 Å². The molecule has 4 nitrogen and oxygen atoms in total. The van der Waals surface area contributed by atoms with E-state index in [2.05, 4.69) is 19.2 Å². The van der Waals surface area contributed by atoms with Gasteiger partial charge in [0.25, 0.3) is 0 Å². The van der Waals surface area contributed by atoms with Crippen LogP contribution < -0.4 is 11.1 Å². The largest absolute Gasteiger partial charge is 0.389 e. The maximum absolute atomic E-state index is 11.9. The lowest BCUT2D eigenvalue weighted by molar-refractivity contribution is -0.117. The van der Waals surface area contributed by atoms with Gasteiger partial charge in [-0.15, -0.1) is 0 Å². The van der Waals surface area contributed by atoms with Crippen molar-refractivity contribution in [2.75, 3.05) is 18.5 Å². The van der Waals surface area contributed by atoms with Crippen LogP contribution in [0, 0.1) is 5.92 Å². The van der Waals surface area contributed by atoms with Crippen LogP contribution in [0.3, 0.4) is 0 Å². The van der Waals surface area contributed by atoms with Crippen LogP contribution in [0.25, 0.3) is 0 Å². The quantitative estimate of drug-likeness (QED) is 0.543. The number of carbonyl (C=O) groups excluding carboxylic acids is 1. The smallest absolute Gasteiger partial charge is 0.226 e. The Hall–Kier alpha value is -1.46. The number of benzene rings is 1. The van der Waals surface area contributed by atoms with Gasteiger partial charge in [-0.1, -0.05) is 38.2 Å². The highest BCUT2D eigenvalue weighted by Gasteiger charge is 2.08. The second kappa shape index (κ2) is 9.47. The average molecular weight is 308 g/mol. The van der Waals surface area contributed by atoms with E-state index in [4.69, 9.17) is 22.7 Å². The summed E-state index contributed by atoms with van der Waals surface area (Å²) in [6, 6.07) is 7.25. The first-order valence-corrected chi connectivity index (χ1v) is 7.68. The number of thiocarbonyl (C=S) groups is 1. The van der Waals surface area contributed by atoms with Crippen molar-refractivity contribution in [2.45, 2.75) is 33.1 Å². The number of para-hydroxylation sites is 1. The van der Waals surface area contributed by atoms with Crippen LogP contribution in [-0.4, -0.2) is 24.1 Å². The lowest BCUT2D eigenvalue weighted by atomic mass is 10.1. The monoisotopic (exact) mass is 308 g/mol. The summed E-state index contributed by atoms with van der Waals surface area (Å²) in [4.78, 5) is 12.1. The van der Waals surface area contributed by atoms with Gasteiger partial charge >= 0.3 is 0 Å². The van der Waals surface area contributed by atoms with Crippen molar-refractivity contribution in [1.29, 1.82) is 0 Å². The summed E-state index contributed by atoms with van der Waals surface area (Å²) in [7, 11) is 0. The Morgan fingerprint density at radius 3 is 2.71 bits per heavy atom. The number of hydrogen-bond acceptors (Lipinski definition) is 3. The number of amides is 1. The van der Waals surface area contributed by atoms with Crippen molar-refractivity contribution in [1.82, 2.24) is 0 Å². The molecule has 3 N–H and O–H groups in total. The highest BCUT2D eigenvalue weighted by molar-refractivity contribution is 7.80. The molecule has 116 valence electrons. The van der Waals surface area contributed by atoms with Gasteiger partial charge < -0.3 is 15.8 Å². The van der Waals surface area contributed by atoms with E-state index in [0.29, 0.717) is 36.8 Å². The molecule has 0 aromatic heterocycles. The summed E-state index contributed by atoms with van der Waals surface area (Å²) in [5, 5.41) is 2.81. The molecule has 0 aliphatic heterocycles. The first-order chi connectivity index (χ1) is 10.0. The normalized spacial score (nSPS) is 10.6. The number of anilines is 1. The molecule has 0 bridgehead atoms. The van der Waals surface area contributed by atoms with Crippen molar-refractivity contribution in [2.24, 2.45) is 11.7 Å². The van der Waals surface area contributed by atoms with Gasteiger partial charge in [0.15, 0.2) is 0 Å². The van der Waals surface area contributed by atoms with Gasteiger partial charge in [0.2, 0.25) is 5.91 Å². The van der Waals surface area contributed by atoms with E-state index in [1.807, 2.05) is 12.1 Å². The molecule has 5 heteroatoms. The zero-order chi connectivity index (χ0) is 15.7. The molecule has 0 unspecified atom stereocenters. The van der Waals surface area contributed by atoms with Crippen molar-refractivity contribution in [3.63, 3.8) is 0 Å². The van der Waals surface area contributed by atoms with E-state index in [1.54, 1.807) is 12.1 Å². The van der Waals surface area contributed by atoms with E-state index in [1.165, 1.54) is 0 Å². The molecule has 0 spiro atoms. The SMILES string of the molecule is CC(C)CCCOCCC(=O)Nc1ccccc1C(N)=S. The number of nitrogens with one attached hydrogen (secondary N) is 1. The summed E-state index contributed by atoms with van der Waals surface area (Å²) in [5.41, 5.74) is 6.95. The van der Waals surface area contributed by atoms with Crippen molar-refractivity contribution < 1.29 is 9.53 Å². The first kappa shape index (κ1) is 17.6. The summed E-state index contributed by atoms with van der Waals surface area (Å²) < 4.78 is 5.46. The standard InChI is InChI=1S/C16H24N2O2S/c1-12(2)6-5-10-20-11-9-15(19)18-14-8-4-3-7-13(14)16(17)21/h3-4,7-8,12H,5-6,9-11H2,1-2H3,(H2,17,21)(H,18,19). The van der Waals surface area contributed by atoms with Crippen molar-refractivity contribution >= 4 is 28.8 Å². The second-order valence-electron chi connectivity index (χ2n) is 5.36. The number of rotatable bonds is 9. The number of nitrogens with two attached hydrogens (primary N) is 1. The molecule has 0 heterocycles. The number of carbonyl (C=O) groups is 1. The number of hydrogen-bond donors (Lipinski definition) is 2. The summed E-state index contributed by atoms with van der Waals surface area (Å²) >= 11 is 4.96. The molecule has 1 aromatic rings. The Kier molecular flexibility index (Phi) is 7.93. The van der Waals surface area contributed by atoms with Crippen molar-refractivity contribution in [3.05, 3.63) is 29.8 Å². The molecule has 21 heavy (non-hydrogen) atoms. The zero-order valence-corrected chi connectivity index (χ0v) is 13.5. The summed E-state index contributed by atoms with van der Waals surface area (Å²) in [6.45, 7) is 5.51. The molecular formula is C16H24N2O2S. The minimum Gasteiger partial charge on any atom is -0.389 e. The fourth-order valence-corrected chi connectivity index (χ4v) is 2.06. The average Bonchev–Trinajstić information content (AvgIpc) is 2.42. The van der Waals surface area contributed by atoms with E-state index < -0.39 is 0 Å². The Balaban J connectivity index is 2.30. The van der Waals surface area contributed by atoms with Crippen LogP contribution in [0.5, 0.6) is 0 Å². The van der Waals surface area contributed by atoms with Gasteiger partial charge in [-0.3, -0.25) is 4.79 Å². The Morgan fingerprint density at radius 1 is 1.33 bits per heavy atom. The van der Waals surface area contributed by atoms with Crippen LogP contribution >= 0.6 is 12.2 Å². The molecular weight excluding hydrogens is 284 g/mol. The van der Waals surface area contributed by atoms with Gasteiger partial charge in [-0.05, 0) is 30.9 Å². The van der Waals surface area contributed by atoms with Gasteiger partial charge in [0, 0.05) is 12.2 Å². The zero-order valence-electron chi connectivity index (χ0n) is 12.7. The van der Waals surface area contributed by atoms with E-state index in [0.717, 1.165) is 12.8 Å². The van der Waals surface area contributed by atoms with Crippen LogP contribution in [-0.2, 0) is 9.53 Å². The summed E-state index contributed by atoms with van der Waals surface area (Å²) in [6.07, 6.45) is 2.50. The number of ether oxygens (including phenoxy) is 1.